The molecule has 2 spiro atoms. The molecule has 0 amide bonds. The first-order valence-electron chi connectivity index (χ1n) is 13.0. The highest BCUT2D eigenvalue weighted by Crippen LogP contribution is 2.69. The van der Waals surface area contributed by atoms with E-state index < -0.39 is 73.3 Å². The van der Waals surface area contributed by atoms with Gasteiger partial charge in [0.15, 0.2) is 25.8 Å². The SMILES string of the molecule is CC1=C[C@H]2OC(=O)[C@@]3(C(=O)[C@H](O)[C@@H]4[C@H]5O[C@H](c6ccccc6)OC[C@]4(C)O[C@@]153)[C@H]2O[Si](C)(C)C(C)(C)C. The molecule has 0 unspecified atom stereocenters. The number of hydrogen-bond donors (Lipinski definition) is 1. The lowest BCUT2D eigenvalue weighted by Gasteiger charge is -2.55. The molecule has 8 nitrogen and oxygen atoms in total. The van der Waals surface area contributed by atoms with E-state index in [9.17, 15) is 14.7 Å². The van der Waals surface area contributed by atoms with Gasteiger partial charge in [-0.1, -0.05) is 51.1 Å². The first kappa shape index (κ1) is 25.4. The number of Topliss-reactive ketones (excluding diaryl/α,β-unsaturated/α-hetero) is 1. The number of carbonyl (C=O) groups is 2. The smallest absolute Gasteiger partial charge is 0.326 e. The largest absolute Gasteiger partial charge is 0.454 e. The molecule has 3 heterocycles. The van der Waals surface area contributed by atoms with Gasteiger partial charge in [0.1, 0.15) is 30.0 Å². The van der Waals surface area contributed by atoms with Crippen molar-refractivity contribution in [2.24, 2.45) is 11.3 Å². The van der Waals surface area contributed by atoms with Crippen LogP contribution in [0.2, 0.25) is 18.1 Å². The van der Waals surface area contributed by atoms with Crippen LogP contribution in [0.25, 0.3) is 0 Å². The third-order valence-corrected chi connectivity index (χ3v) is 14.2. The van der Waals surface area contributed by atoms with Crippen molar-refractivity contribution in [3.05, 3.63) is 47.5 Å². The van der Waals surface area contributed by atoms with Crippen molar-refractivity contribution < 1.29 is 38.1 Å². The van der Waals surface area contributed by atoms with Crippen LogP contribution in [-0.2, 0) is 33.0 Å². The average molecular weight is 529 g/mol. The molecule has 0 aromatic heterocycles. The van der Waals surface area contributed by atoms with Gasteiger partial charge in [0.2, 0.25) is 0 Å². The number of esters is 1. The van der Waals surface area contributed by atoms with E-state index >= 15 is 0 Å². The molecule has 200 valence electrons. The minimum atomic E-state index is -2.50. The molecule has 3 saturated heterocycles. The van der Waals surface area contributed by atoms with Crippen molar-refractivity contribution in [1.82, 2.24) is 0 Å². The molecule has 6 bridgehead atoms. The Kier molecular flexibility index (Phi) is 5.22. The normalized spacial score (nSPS) is 44.7. The van der Waals surface area contributed by atoms with Gasteiger partial charge in [0, 0.05) is 5.56 Å². The second kappa shape index (κ2) is 7.61. The highest BCUT2D eigenvalue weighted by molar-refractivity contribution is 6.74. The number of ketones is 1. The molecule has 1 saturated carbocycles. The molecule has 9 atom stereocenters. The van der Waals surface area contributed by atoms with Gasteiger partial charge in [0.25, 0.3) is 0 Å². The van der Waals surface area contributed by atoms with Gasteiger partial charge in [-0.05, 0) is 43.6 Å². The van der Waals surface area contributed by atoms with Crippen molar-refractivity contribution in [3.8, 4) is 0 Å². The quantitative estimate of drug-likeness (QED) is 0.276. The fraction of sp³-hybridized carbons (Fsp3) is 0.643. The van der Waals surface area contributed by atoms with E-state index in [4.69, 9.17) is 23.4 Å². The van der Waals surface area contributed by atoms with Crippen LogP contribution in [0.4, 0.5) is 0 Å². The van der Waals surface area contributed by atoms with E-state index in [0.717, 1.165) is 5.56 Å². The molecule has 37 heavy (non-hydrogen) atoms. The second-order valence-corrected chi connectivity index (χ2v) is 17.7. The van der Waals surface area contributed by atoms with Gasteiger partial charge >= 0.3 is 5.97 Å². The summed E-state index contributed by atoms with van der Waals surface area (Å²) in [4.78, 5) is 28.3. The van der Waals surface area contributed by atoms with Gasteiger partial charge in [-0.25, -0.2) is 0 Å². The average Bonchev–Trinajstić information content (AvgIpc) is 3.07. The fourth-order valence-electron chi connectivity index (χ4n) is 6.96. The lowest BCUT2D eigenvalue weighted by molar-refractivity contribution is -0.270. The van der Waals surface area contributed by atoms with Crippen LogP contribution < -0.4 is 0 Å². The van der Waals surface area contributed by atoms with Crippen molar-refractivity contribution in [3.63, 3.8) is 0 Å². The maximum atomic E-state index is 14.3. The molecule has 1 N–H and O–H groups in total. The maximum Gasteiger partial charge on any atom is 0.326 e. The first-order valence-corrected chi connectivity index (χ1v) is 15.9. The van der Waals surface area contributed by atoms with E-state index in [1.807, 2.05) is 50.3 Å². The summed E-state index contributed by atoms with van der Waals surface area (Å²) in [6, 6.07) is 9.52. The van der Waals surface area contributed by atoms with Crippen LogP contribution in [0.3, 0.4) is 0 Å². The van der Waals surface area contributed by atoms with Gasteiger partial charge in [-0.2, -0.15) is 0 Å². The summed E-state index contributed by atoms with van der Waals surface area (Å²) in [5.74, 6) is -2.06. The van der Waals surface area contributed by atoms with Crippen molar-refractivity contribution in [2.45, 2.75) is 94.7 Å². The Bertz CT molecular complexity index is 1190. The Balaban J connectivity index is 1.56. The lowest BCUT2D eigenvalue weighted by Crippen LogP contribution is -2.75. The fourth-order valence-corrected chi connectivity index (χ4v) is 8.26. The third kappa shape index (κ3) is 2.96. The minimum Gasteiger partial charge on any atom is -0.454 e. The molecule has 3 aliphatic heterocycles. The molecule has 5 aliphatic rings. The second-order valence-electron chi connectivity index (χ2n) is 12.9. The number of aliphatic hydroxyl groups is 1. The Morgan fingerprint density at radius 2 is 1.81 bits per heavy atom. The van der Waals surface area contributed by atoms with Crippen LogP contribution in [0.5, 0.6) is 0 Å². The molecule has 0 radical (unpaired) electrons. The van der Waals surface area contributed by atoms with Crippen LogP contribution in [0.1, 0.15) is 46.5 Å². The van der Waals surface area contributed by atoms with Gasteiger partial charge in [0.05, 0.1) is 18.1 Å². The van der Waals surface area contributed by atoms with Crippen molar-refractivity contribution >= 4 is 20.1 Å². The highest BCUT2D eigenvalue weighted by atomic mass is 28.4. The number of ether oxygens (including phenoxy) is 4. The summed E-state index contributed by atoms with van der Waals surface area (Å²) in [6.07, 6.45) is -2.93. The first-order chi connectivity index (χ1) is 17.2. The van der Waals surface area contributed by atoms with E-state index in [-0.39, 0.29) is 11.6 Å². The summed E-state index contributed by atoms with van der Waals surface area (Å²) >= 11 is 0. The highest BCUT2D eigenvalue weighted by Gasteiger charge is 2.88. The molecule has 6 rings (SSSR count). The van der Waals surface area contributed by atoms with Gasteiger partial charge < -0.3 is 28.5 Å². The van der Waals surface area contributed by atoms with Crippen LogP contribution in [0.15, 0.2) is 42.0 Å². The van der Waals surface area contributed by atoms with E-state index in [1.165, 1.54) is 0 Å². The lowest BCUT2D eigenvalue weighted by atomic mass is 9.51. The molecule has 1 aromatic rings. The number of carbonyl (C=O) groups excluding carboxylic acids is 2. The van der Waals surface area contributed by atoms with Gasteiger partial charge in [-0.3, -0.25) is 9.59 Å². The van der Waals surface area contributed by atoms with Crippen molar-refractivity contribution in [1.29, 1.82) is 0 Å². The summed E-state index contributed by atoms with van der Waals surface area (Å²) in [6.45, 7) is 14.2. The third-order valence-electron chi connectivity index (χ3n) is 9.79. The number of rotatable bonds is 3. The van der Waals surface area contributed by atoms with E-state index in [0.29, 0.717) is 5.57 Å². The summed E-state index contributed by atoms with van der Waals surface area (Å²) < 4.78 is 32.4. The number of benzene rings is 1. The van der Waals surface area contributed by atoms with Crippen LogP contribution >= 0.6 is 0 Å². The molecule has 1 aromatic carbocycles. The zero-order chi connectivity index (χ0) is 26.8. The van der Waals surface area contributed by atoms with E-state index in [2.05, 4.69) is 33.9 Å². The standard InChI is InChI=1S/C28H36O8Si/c1-15-13-17-21(35-37(6,7)25(2,3)4)27(24(31)33-17)20(30)19(29)18-22-28(15,27)36-26(18,5)14-32-23(34-22)16-11-9-8-10-12-16/h8-13,17-19,21-23,29H,14H2,1-7H3/t17-,18-,19-,21+,22-,23-,26+,27-,28+/m1/s1. The Hall–Kier alpha value is -1.88. The maximum absolute atomic E-state index is 14.3. The number of fused-ring (bicyclic) bond motifs is 1. The predicted molar refractivity (Wildman–Crippen MR) is 135 cm³/mol. The number of aliphatic hydroxyl groups excluding tert-OH is 1. The Labute approximate surface area is 218 Å². The summed E-state index contributed by atoms with van der Waals surface area (Å²) in [5.41, 5.74) is -2.97. The monoisotopic (exact) mass is 528 g/mol. The number of hydrogen-bond acceptors (Lipinski definition) is 8. The van der Waals surface area contributed by atoms with Crippen molar-refractivity contribution in [2.75, 3.05) is 6.61 Å². The minimum absolute atomic E-state index is 0.0788. The van der Waals surface area contributed by atoms with E-state index in [1.54, 1.807) is 0 Å². The Morgan fingerprint density at radius 1 is 1.14 bits per heavy atom. The Morgan fingerprint density at radius 3 is 2.46 bits per heavy atom. The molecule has 4 fully saturated rings. The zero-order valence-electron chi connectivity index (χ0n) is 22.4. The topological polar surface area (TPSA) is 101 Å². The van der Waals surface area contributed by atoms with Gasteiger partial charge in [-0.15, -0.1) is 0 Å². The zero-order valence-corrected chi connectivity index (χ0v) is 23.4. The van der Waals surface area contributed by atoms with Crippen LogP contribution in [0, 0.1) is 11.3 Å². The molecule has 2 aliphatic carbocycles. The molecule has 9 heteroatoms. The summed E-state index contributed by atoms with van der Waals surface area (Å²) in [7, 11) is -2.50. The molecular weight excluding hydrogens is 492 g/mol. The molecular formula is C28H36O8Si. The van der Waals surface area contributed by atoms with Crippen LogP contribution in [-0.4, -0.2) is 67.4 Å². The summed E-state index contributed by atoms with van der Waals surface area (Å²) in [5, 5.41) is 11.4. The predicted octanol–water partition coefficient (Wildman–Crippen LogP) is 3.45.